The molecule has 2 N–H and O–H groups in total. The number of hydrogen-bond acceptors (Lipinski definition) is 2. The number of aliphatic hydroxyl groups excluding tert-OH is 1. The van der Waals surface area contributed by atoms with Crippen molar-refractivity contribution in [1.82, 2.24) is 0 Å². The highest BCUT2D eigenvalue weighted by Crippen LogP contribution is 2.04. The van der Waals surface area contributed by atoms with Crippen LogP contribution in [0.5, 0.6) is 0 Å². The van der Waals surface area contributed by atoms with Crippen molar-refractivity contribution in [3.8, 4) is 11.8 Å². The molecule has 0 atom stereocenters. The van der Waals surface area contributed by atoms with E-state index in [1.807, 2.05) is 6.07 Å². The molecule has 0 spiro atoms. The maximum absolute atomic E-state index is 10.5. The van der Waals surface area contributed by atoms with Gasteiger partial charge in [0.2, 0.25) is 0 Å². The van der Waals surface area contributed by atoms with Crippen LogP contribution in [0.25, 0.3) is 0 Å². The summed E-state index contributed by atoms with van der Waals surface area (Å²) in [5, 5.41) is 17.1. The molecular formula is C12H12O3. The summed E-state index contributed by atoms with van der Waals surface area (Å²) in [6, 6.07) is 7.10. The minimum Gasteiger partial charge on any atom is -0.481 e. The lowest BCUT2D eigenvalue weighted by molar-refractivity contribution is -0.136. The van der Waals surface area contributed by atoms with E-state index < -0.39 is 5.97 Å². The van der Waals surface area contributed by atoms with Crippen molar-refractivity contribution >= 4 is 5.97 Å². The molecule has 1 rings (SSSR count). The standard InChI is InChI=1S/C12H12O3/c13-7-2-1-4-10-5-3-6-11(8-10)9-12(14)15/h3,5-6,8,13H,2,7,9H2,(H,14,15). The predicted octanol–water partition coefficient (Wildman–Crippen LogP) is 1.05. The van der Waals surface area contributed by atoms with E-state index in [0.29, 0.717) is 6.42 Å². The fraction of sp³-hybridized carbons (Fsp3) is 0.250. The third-order valence-corrected chi connectivity index (χ3v) is 1.75. The van der Waals surface area contributed by atoms with E-state index in [9.17, 15) is 4.79 Å². The zero-order chi connectivity index (χ0) is 11.1. The molecule has 0 radical (unpaired) electrons. The highest BCUT2D eigenvalue weighted by atomic mass is 16.4. The third kappa shape index (κ3) is 4.30. The quantitative estimate of drug-likeness (QED) is 0.723. The van der Waals surface area contributed by atoms with Gasteiger partial charge in [-0.25, -0.2) is 0 Å². The lowest BCUT2D eigenvalue weighted by atomic mass is 10.1. The average Bonchev–Trinajstić information content (AvgIpc) is 2.18. The predicted molar refractivity (Wildman–Crippen MR) is 56.4 cm³/mol. The average molecular weight is 204 g/mol. The summed E-state index contributed by atoms with van der Waals surface area (Å²) in [5.41, 5.74) is 1.51. The summed E-state index contributed by atoms with van der Waals surface area (Å²) in [7, 11) is 0. The summed E-state index contributed by atoms with van der Waals surface area (Å²) < 4.78 is 0. The van der Waals surface area contributed by atoms with Crippen LogP contribution in [0, 0.1) is 11.8 Å². The molecule has 0 saturated carbocycles. The number of aliphatic hydroxyl groups is 1. The monoisotopic (exact) mass is 204 g/mol. The summed E-state index contributed by atoms with van der Waals surface area (Å²) >= 11 is 0. The van der Waals surface area contributed by atoms with Crippen molar-refractivity contribution in [3.63, 3.8) is 0 Å². The normalized spacial score (nSPS) is 9.13. The summed E-state index contributed by atoms with van der Waals surface area (Å²) in [5.74, 6) is 4.79. The van der Waals surface area contributed by atoms with Crippen LogP contribution >= 0.6 is 0 Å². The maximum Gasteiger partial charge on any atom is 0.307 e. The molecule has 0 bridgehead atoms. The molecule has 0 aliphatic rings. The van der Waals surface area contributed by atoms with Gasteiger partial charge >= 0.3 is 5.97 Å². The van der Waals surface area contributed by atoms with E-state index in [2.05, 4.69) is 11.8 Å². The van der Waals surface area contributed by atoms with Gasteiger partial charge in [0, 0.05) is 12.0 Å². The van der Waals surface area contributed by atoms with E-state index in [0.717, 1.165) is 11.1 Å². The third-order valence-electron chi connectivity index (χ3n) is 1.75. The Balaban J connectivity index is 2.75. The lowest BCUT2D eigenvalue weighted by Gasteiger charge is -1.97. The Kier molecular flexibility index (Phi) is 4.39. The van der Waals surface area contributed by atoms with E-state index in [-0.39, 0.29) is 13.0 Å². The van der Waals surface area contributed by atoms with Crippen LogP contribution in [0.2, 0.25) is 0 Å². The molecule has 0 fully saturated rings. The highest BCUT2D eigenvalue weighted by molar-refractivity contribution is 5.70. The van der Waals surface area contributed by atoms with Crippen LogP contribution in [-0.2, 0) is 11.2 Å². The largest absolute Gasteiger partial charge is 0.481 e. The first kappa shape index (κ1) is 11.3. The van der Waals surface area contributed by atoms with Crippen LogP contribution < -0.4 is 0 Å². The van der Waals surface area contributed by atoms with Gasteiger partial charge in [-0.2, -0.15) is 0 Å². The first-order chi connectivity index (χ1) is 7.22. The SMILES string of the molecule is O=C(O)Cc1cccc(C#CCCO)c1. The molecule has 0 saturated heterocycles. The molecule has 1 aromatic rings. The van der Waals surface area contributed by atoms with Crippen molar-refractivity contribution in [1.29, 1.82) is 0 Å². The van der Waals surface area contributed by atoms with E-state index in [4.69, 9.17) is 10.2 Å². The molecule has 0 heterocycles. The fourth-order valence-electron chi connectivity index (χ4n) is 1.15. The van der Waals surface area contributed by atoms with Crippen LogP contribution in [0.4, 0.5) is 0 Å². The zero-order valence-electron chi connectivity index (χ0n) is 8.23. The maximum atomic E-state index is 10.5. The van der Waals surface area contributed by atoms with Crippen LogP contribution in [0.15, 0.2) is 24.3 Å². The Morgan fingerprint density at radius 3 is 2.87 bits per heavy atom. The highest BCUT2D eigenvalue weighted by Gasteiger charge is 1.99. The zero-order valence-corrected chi connectivity index (χ0v) is 8.23. The molecule has 0 aliphatic carbocycles. The van der Waals surface area contributed by atoms with Gasteiger partial charge < -0.3 is 10.2 Å². The minimum atomic E-state index is -0.851. The molecule has 3 nitrogen and oxygen atoms in total. The number of rotatable bonds is 3. The molecule has 0 amide bonds. The number of benzene rings is 1. The van der Waals surface area contributed by atoms with Crippen molar-refractivity contribution in [2.75, 3.05) is 6.61 Å². The van der Waals surface area contributed by atoms with Gasteiger partial charge in [-0.1, -0.05) is 24.0 Å². The van der Waals surface area contributed by atoms with Crippen LogP contribution in [0.3, 0.4) is 0 Å². The summed E-state index contributed by atoms with van der Waals surface area (Å²) in [4.78, 5) is 10.5. The number of hydrogen-bond donors (Lipinski definition) is 2. The number of carboxylic acids is 1. The van der Waals surface area contributed by atoms with Crippen LogP contribution in [0.1, 0.15) is 17.5 Å². The molecular weight excluding hydrogens is 192 g/mol. The van der Waals surface area contributed by atoms with Crippen LogP contribution in [-0.4, -0.2) is 22.8 Å². The second kappa shape index (κ2) is 5.84. The first-order valence-corrected chi connectivity index (χ1v) is 4.63. The molecule has 0 aliphatic heterocycles. The number of carboxylic acid groups (broad SMARTS) is 1. The van der Waals surface area contributed by atoms with Gasteiger partial charge in [0.25, 0.3) is 0 Å². The van der Waals surface area contributed by atoms with E-state index in [1.54, 1.807) is 18.2 Å². The summed E-state index contributed by atoms with van der Waals surface area (Å²) in [6.07, 6.45) is 0.443. The second-order valence-electron chi connectivity index (χ2n) is 3.05. The Morgan fingerprint density at radius 2 is 2.20 bits per heavy atom. The molecule has 3 heteroatoms. The fourth-order valence-corrected chi connectivity index (χ4v) is 1.15. The molecule has 15 heavy (non-hydrogen) atoms. The van der Waals surface area contributed by atoms with E-state index >= 15 is 0 Å². The Hall–Kier alpha value is -1.79. The molecule has 0 aromatic heterocycles. The van der Waals surface area contributed by atoms with Gasteiger partial charge in [0.05, 0.1) is 13.0 Å². The Morgan fingerprint density at radius 1 is 1.40 bits per heavy atom. The first-order valence-electron chi connectivity index (χ1n) is 4.63. The lowest BCUT2D eigenvalue weighted by Crippen LogP contribution is -1.99. The van der Waals surface area contributed by atoms with Crippen molar-refractivity contribution in [2.24, 2.45) is 0 Å². The Bertz CT molecular complexity index is 399. The minimum absolute atomic E-state index is 0.00944. The van der Waals surface area contributed by atoms with Gasteiger partial charge in [0.15, 0.2) is 0 Å². The topological polar surface area (TPSA) is 57.5 Å². The smallest absolute Gasteiger partial charge is 0.307 e. The van der Waals surface area contributed by atoms with Gasteiger partial charge in [-0.15, -0.1) is 0 Å². The second-order valence-corrected chi connectivity index (χ2v) is 3.05. The van der Waals surface area contributed by atoms with Crippen molar-refractivity contribution < 1.29 is 15.0 Å². The van der Waals surface area contributed by atoms with Gasteiger partial charge in [0.1, 0.15) is 0 Å². The molecule has 1 aromatic carbocycles. The number of aliphatic carboxylic acids is 1. The van der Waals surface area contributed by atoms with Gasteiger partial charge in [-0.05, 0) is 17.7 Å². The molecule has 0 unspecified atom stereocenters. The Labute approximate surface area is 88.4 Å². The molecule has 78 valence electrons. The number of carbonyl (C=O) groups is 1. The van der Waals surface area contributed by atoms with Gasteiger partial charge in [-0.3, -0.25) is 4.79 Å². The van der Waals surface area contributed by atoms with Crippen molar-refractivity contribution in [3.05, 3.63) is 35.4 Å². The van der Waals surface area contributed by atoms with Crippen molar-refractivity contribution in [2.45, 2.75) is 12.8 Å². The summed E-state index contributed by atoms with van der Waals surface area (Å²) in [6.45, 7) is 0.0435. The van der Waals surface area contributed by atoms with E-state index in [1.165, 1.54) is 0 Å².